The van der Waals surface area contributed by atoms with Crippen LogP contribution in [-0.2, 0) is 0 Å². The van der Waals surface area contributed by atoms with Crippen LogP contribution in [-0.4, -0.2) is 18.1 Å². The fourth-order valence-corrected chi connectivity index (χ4v) is 2.57. The predicted molar refractivity (Wildman–Crippen MR) is 81.2 cm³/mol. The second-order valence-corrected chi connectivity index (χ2v) is 6.38. The van der Waals surface area contributed by atoms with Crippen molar-refractivity contribution in [1.29, 1.82) is 0 Å². The van der Waals surface area contributed by atoms with Crippen LogP contribution in [0.4, 0.5) is 5.82 Å². The average molecular weight is 259 g/mol. The Kier molecular flexibility index (Phi) is 3.95. The van der Waals surface area contributed by atoms with E-state index in [1.807, 2.05) is 19.2 Å². The highest BCUT2D eigenvalue weighted by atomic mass is 15.2. The monoisotopic (exact) mass is 259 g/mol. The third-order valence-electron chi connectivity index (χ3n) is 3.78. The van der Waals surface area contributed by atoms with E-state index >= 15 is 0 Å². The zero-order valence-corrected chi connectivity index (χ0v) is 12.5. The Hall–Kier alpha value is -1.35. The third kappa shape index (κ3) is 3.16. The Labute approximate surface area is 116 Å². The molecule has 3 heteroatoms. The number of nitrogens with two attached hydrogens (primary N) is 1. The van der Waals surface area contributed by atoms with Gasteiger partial charge in [-0.15, -0.1) is 0 Å². The lowest BCUT2D eigenvalue weighted by Crippen LogP contribution is -2.33. The van der Waals surface area contributed by atoms with Crippen LogP contribution in [0, 0.1) is 5.41 Å². The van der Waals surface area contributed by atoms with Crippen LogP contribution in [0.1, 0.15) is 45.7 Å². The van der Waals surface area contributed by atoms with Gasteiger partial charge in [-0.1, -0.05) is 38.5 Å². The summed E-state index contributed by atoms with van der Waals surface area (Å²) in [5, 5.41) is 0. The molecule has 1 aliphatic heterocycles. The van der Waals surface area contributed by atoms with Crippen molar-refractivity contribution < 1.29 is 0 Å². The number of aromatic nitrogens is 1. The maximum atomic E-state index is 6.04. The standard InChI is InChI=1S/C16H25N3/c1-12(17)14-6-5-9-18-15(14)19-10-7-13(8-11-19)16(2,3)4/h5-7,9,12H,8,10-11,17H2,1-4H3/t12-/m1/s1. The Balaban J connectivity index is 2.21. The number of pyridine rings is 1. The molecule has 1 aromatic rings. The van der Waals surface area contributed by atoms with Gasteiger partial charge in [-0.3, -0.25) is 0 Å². The van der Waals surface area contributed by atoms with E-state index in [1.54, 1.807) is 5.57 Å². The van der Waals surface area contributed by atoms with Crippen LogP contribution in [0.15, 0.2) is 30.0 Å². The van der Waals surface area contributed by atoms with Crippen LogP contribution >= 0.6 is 0 Å². The normalized spacial score (nSPS) is 18.2. The molecule has 104 valence electrons. The van der Waals surface area contributed by atoms with E-state index in [0.717, 1.165) is 30.9 Å². The van der Waals surface area contributed by atoms with Crippen LogP contribution in [0.2, 0.25) is 0 Å². The summed E-state index contributed by atoms with van der Waals surface area (Å²) in [5.41, 5.74) is 8.99. The minimum Gasteiger partial charge on any atom is -0.352 e. The number of nitrogens with zero attached hydrogens (tertiary/aromatic N) is 2. The van der Waals surface area contributed by atoms with Gasteiger partial charge in [0, 0.05) is 30.9 Å². The van der Waals surface area contributed by atoms with Crippen molar-refractivity contribution >= 4 is 5.82 Å². The molecule has 19 heavy (non-hydrogen) atoms. The van der Waals surface area contributed by atoms with E-state index in [4.69, 9.17) is 5.73 Å². The second kappa shape index (κ2) is 5.33. The molecule has 2 heterocycles. The molecule has 2 N–H and O–H groups in total. The minimum atomic E-state index is 0.0247. The van der Waals surface area contributed by atoms with Crippen molar-refractivity contribution in [3.05, 3.63) is 35.5 Å². The summed E-state index contributed by atoms with van der Waals surface area (Å²) in [6.07, 6.45) is 5.31. The van der Waals surface area contributed by atoms with E-state index < -0.39 is 0 Å². The first-order chi connectivity index (χ1) is 8.89. The van der Waals surface area contributed by atoms with Crippen molar-refractivity contribution in [1.82, 2.24) is 4.98 Å². The van der Waals surface area contributed by atoms with Gasteiger partial charge in [-0.25, -0.2) is 4.98 Å². The first-order valence-corrected chi connectivity index (χ1v) is 7.04. The van der Waals surface area contributed by atoms with Crippen molar-refractivity contribution in [2.75, 3.05) is 18.0 Å². The van der Waals surface area contributed by atoms with Gasteiger partial charge in [0.05, 0.1) is 0 Å². The van der Waals surface area contributed by atoms with E-state index in [2.05, 4.69) is 42.8 Å². The zero-order chi connectivity index (χ0) is 14.0. The van der Waals surface area contributed by atoms with Crippen LogP contribution in [0.25, 0.3) is 0 Å². The fraction of sp³-hybridized carbons (Fsp3) is 0.562. The smallest absolute Gasteiger partial charge is 0.133 e. The maximum absolute atomic E-state index is 6.04. The highest BCUT2D eigenvalue weighted by molar-refractivity contribution is 5.50. The summed E-state index contributed by atoms with van der Waals surface area (Å²) in [6, 6.07) is 4.06. The van der Waals surface area contributed by atoms with Crippen LogP contribution < -0.4 is 10.6 Å². The molecular formula is C16H25N3. The first-order valence-electron chi connectivity index (χ1n) is 7.04. The lowest BCUT2D eigenvalue weighted by atomic mass is 9.83. The van der Waals surface area contributed by atoms with E-state index in [0.29, 0.717) is 0 Å². The first kappa shape index (κ1) is 14.1. The number of rotatable bonds is 2. The summed E-state index contributed by atoms with van der Waals surface area (Å²) < 4.78 is 0. The van der Waals surface area contributed by atoms with Gasteiger partial charge in [-0.2, -0.15) is 0 Å². The van der Waals surface area contributed by atoms with Gasteiger partial charge in [0.2, 0.25) is 0 Å². The Morgan fingerprint density at radius 2 is 2.11 bits per heavy atom. The van der Waals surface area contributed by atoms with Gasteiger partial charge in [0.1, 0.15) is 5.82 Å². The summed E-state index contributed by atoms with van der Waals surface area (Å²) >= 11 is 0. The fourth-order valence-electron chi connectivity index (χ4n) is 2.57. The van der Waals surface area contributed by atoms with Crippen molar-refractivity contribution in [3.63, 3.8) is 0 Å². The molecule has 1 atom stereocenters. The highest BCUT2D eigenvalue weighted by Crippen LogP contribution is 2.32. The molecule has 0 spiro atoms. The van der Waals surface area contributed by atoms with Gasteiger partial charge in [0.25, 0.3) is 0 Å². The third-order valence-corrected chi connectivity index (χ3v) is 3.78. The molecule has 1 aromatic heterocycles. The molecule has 0 aromatic carbocycles. The molecule has 0 radical (unpaired) electrons. The Morgan fingerprint density at radius 1 is 1.37 bits per heavy atom. The van der Waals surface area contributed by atoms with Crippen molar-refractivity contribution in [3.8, 4) is 0 Å². The van der Waals surface area contributed by atoms with Crippen molar-refractivity contribution in [2.24, 2.45) is 11.1 Å². The summed E-state index contributed by atoms with van der Waals surface area (Å²) in [7, 11) is 0. The Morgan fingerprint density at radius 3 is 2.63 bits per heavy atom. The molecule has 0 saturated carbocycles. The van der Waals surface area contributed by atoms with Gasteiger partial charge >= 0.3 is 0 Å². The quantitative estimate of drug-likeness (QED) is 0.829. The topological polar surface area (TPSA) is 42.1 Å². The Bertz CT molecular complexity index is 469. The van der Waals surface area contributed by atoms with Crippen LogP contribution in [0.5, 0.6) is 0 Å². The number of hydrogen-bond acceptors (Lipinski definition) is 3. The molecule has 0 bridgehead atoms. The number of hydrogen-bond donors (Lipinski definition) is 1. The molecule has 0 saturated heterocycles. The maximum Gasteiger partial charge on any atom is 0.133 e. The SMILES string of the molecule is C[C@@H](N)c1cccnc1N1CC=C(C(C)(C)C)CC1. The van der Waals surface area contributed by atoms with E-state index in [9.17, 15) is 0 Å². The lowest BCUT2D eigenvalue weighted by molar-refractivity contribution is 0.472. The van der Waals surface area contributed by atoms with Gasteiger partial charge in [0.15, 0.2) is 0 Å². The molecule has 3 nitrogen and oxygen atoms in total. The van der Waals surface area contributed by atoms with Crippen LogP contribution in [0.3, 0.4) is 0 Å². The summed E-state index contributed by atoms with van der Waals surface area (Å²) in [6.45, 7) is 10.8. The molecule has 0 fully saturated rings. The van der Waals surface area contributed by atoms with E-state index in [1.165, 1.54) is 0 Å². The number of anilines is 1. The lowest BCUT2D eigenvalue weighted by Gasteiger charge is -2.34. The summed E-state index contributed by atoms with van der Waals surface area (Å²) in [5.74, 6) is 1.04. The zero-order valence-electron chi connectivity index (χ0n) is 12.5. The van der Waals surface area contributed by atoms with Gasteiger partial charge in [-0.05, 0) is 24.8 Å². The molecule has 0 unspecified atom stereocenters. The molecule has 1 aliphatic rings. The molecule has 0 amide bonds. The minimum absolute atomic E-state index is 0.0247. The predicted octanol–water partition coefficient (Wildman–Crippen LogP) is 3.28. The largest absolute Gasteiger partial charge is 0.352 e. The second-order valence-electron chi connectivity index (χ2n) is 6.38. The highest BCUT2D eigenvalue weighted by Gasteiger charge is 2.23. The van der Waals surface area contributed by atoms with E-state index in [-0.39, 0.29) is 11.5 Å². The molecule has 2 rings (SSSR count). The van der Waals surface area contributed by atoms with Crippen molar-refractivity contribution in [2.45, 2.75) is 40.2 Å². The molecular weight excluding hydrogens is 234 g/mol. The summed E-state index contributed by atoms with van der Waals surface area (Å²) in [4.78, 5) is 6.85. The average Bonchev–Trinajstić information content (AvgIpc) is 2.38. The molecule has 0 aliphatic carbocycles. The van der Waals surface area contributed by atoms with Gasteiger partial charge < -0.3 is 10.6 Å².